The van der Waals surface area contributed by atoms with Gasteiger partial charge >= 0.3 is 0 Å². The van der Waals surface area contributed by atoms with Crippen LogP contribution >= 0.6 is 0 Å². The summed E-state index contributed by atoms with van der Waals surface area (Å²) in [7, 11) is 0. The van der Waals surface area contributed by atoms with Crippen LogP contribution in [0.5, 0.6) is 0 Å². The van der Waals surface area contributed by atoms with Crippen LogP contribution in [0, 0.1) is 13.8 Å². The van der Waals surface area contributed by atoms with Gasteiger partial charge in [0.15, 0.2) is 0 Å². The molecule has 1 atom stereocenters. The van der Waals surface area contributed by atoms with Crippen LogP contribution in [0.3, 0.4) is 0 Å². The molecule has 1 saturated heterocycles. The van der Waals surface area contributed by atoms with E-state index in [1.165, 1.54) is 34.2 Å². The van der Waals surface area contributed by atoms with E-state index in [4.69, 9.17) is 0 Å². The minimum Gasteiger partial charge on any atom is -0.316 e. The molecule has 3 rings (SSSR count). The molecule has 1 heteroatoms. The van der Waals surface area contributed by atoms with Crippen LogP contribution in [0.2, 0.25) is 0 Å². The number of aryl methyl sites for hydroxylation is 2. The largest absolute Gasteiger partial charge is 0.316 e. The molecule has 1 fully saturated rings. The van der Waals surface area contributed by atoms with Crippen LogP contribution in [0.15, 0.2) is 42.5 Å². The molecule has 0 saturated carbocycles. The molecule has 1 nitrogen and oxygen atoms in total. The summed E-state index contributed by atoms with van der Waals surface area (Å²) in [5.74, 6) is 0.702. The van der Waals surface area contributed by atoms with Gasteiger partial charge in [-0.1, -0.05) is 53.6 Å². The maximum atomic E-state index is 3.43. The first-order valence-corrected chi connectivity index (χ1v) is 7.12. The second-order valence-electron chi connectivity index (χ2n) is 5.69. The van der Waals surface area contributed by atoms with Crippen molar-refractivity contribution in [2.24, 2.45) is 0 Å². The summed E-state index contributed by atoms with van der Waals surface area (Å²) in [6, 6.07) is 15.9. The monoisotopic (exact) mass is 251 g/mol. The van der Waals surface area contributed by atoms with Gasteiger partial charge in [0.2, 0.25) is 0 Å². The van der Waals surface area contributed by atoms with E-state index in [-0.39, 0.29) is 0 Å². The molecule has 0 aliphatic carbocycles. The van der Waals surface area contributed by atoms with Gasteiger partial charge in [-0.05, 0) is 49.4 Å². The van der Waals surface area contributed by atoms with Crippen molar-refractivity contribution in [3.63, 3.8) is 0 Å². The average Bonchev–Trinajstić information content (AvgIpc) is 2.91. The molecule has 0 radical (unpaired) electrons. The Morgan fingerprint density at radius 3 is 2.16 bits per heavy atom. The second-order valence-corrected chi connectivity index (χ2v) is 5.69. The SMILES string of the molecule is Cc1cc(C)cc(-c2ccc(C3CCNC3)cc2)c1. The lowest BCUT2D eigenvalue weighted by Gasteiger charge is -2.10. The van der Waals surface area contributed by atoms with E-state index in [1.807, 2.05) is 0 Å². The van der Waals surface area contributed by atoms with Crippen molar-refractivity contribution < 1.29 is 0 Å². The topological polar surface area (TPSA) is 12.0 Å². The van der Waals surface area contributed by atoms with E-state index in [2.05, 4.69) is 61.6 Å². The first-order valence-electron chi connectivity index (χ1n) is 7.12. The molecule has 1 unspecified atom stereocenters. The summed E-state index contributed by atoms with van der Waals surface area (Å²) in [6.07, 6.45) is 1.27. The van der Waals surface area contributed by atoms with Crippen LogP contribution in [0.1, 0.15) is 29.0 Å². The summed E-state index contributed by atoms with van der Waals surface area (Å²) in [5.41, 5.74) is 6.78. The van der Waals surface area contributed by atoms with Crippen molar-refractivity contribution >= 4 is 0 Å². The molecular formula is C18H21N. The molecule has 0 amide bonds. The Morgan fingerprint density at radius 1 is 0.895 bits per heavy atom. The normalized spacial score (nSPS) is 18.7. The Kier molecular flexibility index (Phi) is 3.39. The summed E-state index contributed by atoms with van der Waals surface area (Å²) in [5, 5.41) is 3.43. The van der Waals surface area contributed by atoms with Crippen LogP contribution in [-0.2, 0) is 0 Å². The van der Waals surface area contributed by atoms with Crippen molar-refractivity contribution in [1.29, 1.82) is 0 Å². The Morgan fingerprint density at radius 2 is 1.58 bits per heavy atom. The molecule has 1 aliphatic rings. The van der Waals surface area contributed by atoms with Crippen molar-refractivity contribution in [3.05, 3.63) is 59.2 Å². The van der Waals surface area contributed by atoms with Crippen molar-refractivity contribution in [2.45, 2.75) is 26.2 Å². The molecular weight excluding hydrogens is 230 g/mol. The molecule has 0 bridgehead atoms. The quantitative estimate of drug-likeness (QED) is 0.849. The maximum absolute atomic E-state index is 3.43. The summed E-state index contributed by atoms with van der Waals surface area (Å²) < 4.78 is 0. The van der Waals surface area contributed by atoms with E-state index in [0.29, 0.717) is 5.92 Å². The standard InChI is InChI=1S/C18H21N/c1-13-9-14(2)11-18(10-13)16-5-3-15(4-6-16)17-7-8-19-12-17/h3-6,9-11,17,19H,7-8,12H2,1-2H3. The maximum Gasteiger partial charge on any atom is 0.00206 e. The predicted octanol–water partition coefficient (Wildman–Crippen LogP) is 4.05. The highest BCUT2D eigenvalue weighted by molar-refractivity contribution is 5.65. The fourth-order valence-electron chi connectivity index (χ4n) is 3.03. The highest BCUT2D eigenvalue weighted by atomic mass is 14.9. The Bertz CT molecular complexity index is 542. The number of rotatable bonds is 2. The molecule has 0 aromatic heterocycles. The van der Waals surface area contributed by atoms with Crippen molar-refractivity contribution in [3.8, 4) is 11.1 Å². The smallest absolute Gasteiger partial charge is 0.00206 e. The highest BCUT2D eigenvalue weighted by Gasteiger charge is 2.16. The predicted molar refractivity (Wildman–Crippen MR) is 81.6 cm³/mol. The molecule has 0 spiro atoms. The Labute approximate surface area is 115 Å². The van der Waals surface area contributed by atoms with E-state index < -0.39 is 0 Å². The minimum atomic E-state index is 0.702. The molecule has 98 valence electrons. The molecule has 2 aromatic carbocycles. The van der Waals surface area contributed by atoms with Crippen LogP contribution in [0.4, 0.5) is 0 Å². The lowest BCUT2D eigenvalue weighted by molar-refractivity contribution is 0.763. The first-order chi connectivity index (χ1) is 9.22. The molecule has 1 N–H and O–H groups in total. The zero-order chi connectivity index (χ0) is 13.2. The van der Waals surface area contributed by atoms with E-state index in [9.17, 15) is 0 Å². The fourth-order valence-corrected chi connectivity index (χ4v) is 3.03. The van der Waals surface area contributed by atoms with Crippen LogP contribution in [-0.4, -0.2) is 13.1 Å². The van der Waals surface area contributed by atoms with Crippen LogP contribution in [0.25, 0.3) is 11.1 Å². The highest BCUT2D eigenvalue weighted by Crippen LogP contribution is 2.27. The van der Waals surface area contributed by atoms with Gasteiger partial charge in [0.1, 0.15) is 0 Å². The summed E-state index contributed by atoms with van der Waals surface area (Å²) >= 11 is 0. The Balaban J connectivity index is 1.89. The van der Waals surface area contributed by atoms with Gasteiger partial charge in [-0.2, -0.15) is 0 Å². The van der Waals surface area contributed by atoms with Gasteiger partial charge in [0.25, 0.3) is 0 Å². The first kappa shape index (κ1) is 12.4. The molecule has 1 aliphatic heterocycles. The molecule has 19 heavy (non-hydrogen) atoms. The van der Waals surface area contributed by atoms with Gasteiger partial charge in [-0.25, -0.2) is 0 Å². The lowest BCUT2D eigenvalue weighted by Crippen LogP contribution is -2.07. The summed E-state index contributed by atoms with van der Waals surface area (Å²) in [6.45, 7) is 6.61. The van der Waals surface area contributed by atoms with E-state index in [0.717, 1.165) is 13.1 Å². The average molecular weight is 251 g/mol. The minimum absolute atomic E-state index is 0.702. The van der Waals surface area contributed by atoms with E-state index in [1.54, 1.807) is 0 Å². The number of nitrogens with one attached hydrogen (secondary N) is 1. The summed E-state index contributed by atoms with van der Waals surface area (Å²) in [4.78, 5) is 0. The number of benzene rings is 2. The number of hydrogen-bond donors (Lipinski definition) is 1. The van der Waals surface area contributed by atoms with Crippen molar-refractivity contribution in [1.82, 2.24) is 5.32 Å². The van der Waals surface area contributed by atoms with Gasteiger partial charge in [0.05, 0.1) is 0 Å². The molecule has 2 aromatic rings. The number of hydrogen-bond acceptors (Lipinski definition) is 1. The third-order valence-electron chi connectivity index (χ3n) is 4.00. The zero-order valence-corrected chi connectivity index (χ0v) is 11.7. The molecule has 1 heterocycles. The van der Waals surface area contributed by atoms with E-state index >= 15 is 0 Å². The van der Waals surface area contributed by atoms with Gasteiger partial charge < -0.3 is 5.32 Å². The van der Waals surface area contributed by atoms with Gasteiger partial charge in [0, 0.05) is 6.54 Å². The Hall–Kier alpha value is -1.60. The van der Waals surface area contributed by atoms with Gasteiger partial charge in [-0.15, -0.1) is 0 Å². The zero-order valence-electron chi connectivity index (χ0n) is 11.7. The lowest BCUT2D eigenvalue weighted by atomic mass is 9.95. The van der Waals surface area contributed by atoms with Crippen LogP contribution < -0.4 is 5.32 Å². The fraction of sp³-hybridized carbons (Fsp3) is 0.333. The van der Waals surface area contributed by atoms with Gasteiger partial charge in [-0.3, -0.25) is 0 Å². The third kappa shape index (κ3) is 2.71. The van der Waals surface area contributed by atoms with Crippen molar-refractivity contribution in [2.75, 3.05) is 13.1 Å². The third-order valence-corrected chi connectivity index (χ3v) is 4.00. The second kappa shape index (κ2) is 5.18.